The van der Waals surface area contributed by atoms with Crippen molar-refractivity contribution in [3.63, 3.8) is 0 Å². The van der Waals surface area contributed by atoms with Crippen LogP contribution < -0.4 is 10.5 Å². The Morgan fingerprint density at radius 3 is 2.23 bits per heavy atom. The number of ether oxygens (including phenoxy) is 1. The van der Waals surface area contributed by atoms with E-state index in [1.807, 2.05) is 32.9 Å². The molecule has 1 rings (SSSR count). The van der Waals surface area contributed by atoms with E-state index in [2.05, 4.69) is 0 Å². The third kappa shape index (κ3) is 3.15. The quantitative estimate of drug-likeness (QED) is 0.708. The van der Waals surface area contributed by atoms with Crippen LogP contribution in [0.5, 0.6) is 5.75 Å². The number of hydrogen-bond acceptors (Lipinski definition) is 2. The van der Waals surface area contributed by atoms with Crippen molar-refractivity contribution in [2.45, 2.75) is 20.8 Å². The van der Waals surface area contributed by atoms with Gasteiger partial charge in [-0.05, 0) is 24.6 Å². The average molecular weight is 202 g/mol. The summed E-state index contributed by atoms with van der Waals surface area (Å²) in [6.45, 7) is 5.93. The first kappa shape index (κ1) is 12.1. The molecule has 0 aliphatic heterocycles. The third-order valence-corrected chi connectivity index (χ3v) is 1.70. The first-order valence-electron chi connectivity index (χ1n) is 4.24. The highest BCUT2D eigenvalue weighted by molar-refractivity contribution is 6.32. The predicted molar refractivity (Wildman–Crippen MR) is 58.5 cm³/mol. The van der Waals surface area contributed by atoms with Crippen LogP contribution in [0.25, 0.3) is 0 Å². The first-order chi connectivity index (χ1) is 6.15. The Morgan fingerprint density at radius 2 is 1.85 bits per heavy atom. The summed E-state index contributed by atoms with van der Waals surface area (Å²) in [5.74, 6) is 0.553. The molecule has 0 saturated heterocycles. The highest BCUT2D eigenvalue weighted by Crippen LogP contribution is 2.31. The summed E-state index contributed by atoms with van der Waals surface area (Å²) in [6.07, 6.45) is 0. The van der Waals surface area contributed by atoms with E-state index >= 15 is 0 Å². The Bertz CT molecular complexity index is 251. The summed E-state index contributed by atoms with van der Waals surface area (Å²) in [5.41, 5.74) is 7.24. The molecule has 0 bridgehead atoms. The van der Waals surface area contributed by atoms with Crippen LogP contribution in [0.4, 0.5) is 5.69 Å². The predicted octanol–water partition coefficient (Wildman–Crippen LogP) is 3.27. The Kier molecular flexibility index (Phi) is 5.31. The smallest absolute Gasteiger partial charge is 0.160 e. The van der Waals surface area contributed by atoms with Crippen molar-refractivity contribution in [1.29, 1.82) is 0 Å². The lowest BCUT2D eigenvalue weighted by molar-refractivity contribution is 0.417. The molecule has 2 N–H and O–H groups in total. The van der Waals surface area contributed by atoms with Crippen LogP contribution in [0.15, 0.2) is 12.1 Å². The van der Waals surface area contributed by atoms with Crippen molar-refractivity contribution in [3.8, 4) is 5.75 Å². The minimum atomic E-state index is 0.553. The molecule has 0 aliphatic rings. The number of rotatable bonds is 1. The monoisotopic (exact) mass is 201 g/mol. The largest absolute Gasteiger partial charge is 0.493 e. The Morgan fingerprint density at radius 1 is 1.31 bits per heavy atom. The zero-order chi connectivity index (χ0) is 10.4. The molecule has 0 fully saturated rings. The number of benzene rings is 1. The minimum Gasteiger partial charge on any atom is -0.493 e. The van der Waals surface area contributed by atoms with E-state index in [1.54, 1.807) is 7.11 Å². The Hall–Kier alpha value is -0.890. The molecular weight excluding hydrogens is 186 g/mol. The number of anilines is 1. The van der Waals surface area contributed by atoms with Crippen LogP contribution in [0, 0.1) is 6.92 Å². The van der Waals surface area contributed by atoms with E-state index < -0.39 is 0 Å². The van der Waals surface area contributed by atoms with Gasteiger partial charge < -0.3 is 10.5 Å². The molecule has 13 heavy (non-hydrogen) atoms. The van der Waals surface area contributed by atoms with Gasteiger partial charge in [0.25, 0.3) is 0 Å². The maximum Gasteiger partial charge on any atom is 0.160 e. The van der Waals surface area contributed by atoms with Crippen molar-refractivity contribution in [1.82, 2.24) is 0 Å². The number of nitrogens with two attached hydrogens (primary N) is 1. The van der Waals surface area contributed by atoms with Gasteiger partial charge in [-0.25, -0.2) is 0 Å². The summed E-state index contributed by atoms with van der Waals surface area (Å²) in [7, 11) is 1.55. The average Bonchev–Trinajstić information content (AvgIpc) is 2.07. The Labute approximate surface area is 84.7 Å². The highest BCUT2D eigenvalue weighted by atomic mass is 35.5. The number of hydrogen-bond donors (Lipinski definition) is 1. The number of halogens is 1. The molecule has 0 unspecified atom stereocenters. The molecular formula is C10H16ClNO. The molecule has 0 atom stereocenters. The van der Waals surface area contributed by atoms with E-state index in [0.29, 0.717) is 16.5 Å². The van der Waals surface area contributed by atoms with Crippen molar-refractivity contribution in [2.75, 3.05) is 12.8 Å². The van der Waals surface area contributed by atoms with Crippen LogP contribution in [0.2, 0.25) is 5.02 Å². The maximum absolute atomic E-state index is 5.83. The van der Waals surface area contributed by atoms with Crippen LogP contribution in [0.1, 0.15) is 19.4 Å². The van der Waals surface area contributed by atoms with Gasteiger partial charge in [0.05, 0.1) is 17.8 Å². The molecule has 0 aromatic heterocycles. The minimum absolute atomic E-state index is 0.553. The van der Waals surface area contributed by atoms with Gasteiger partial charge in [-0.1, -0.05) is 25.4 Å². The van der Waals surface area contributed by atoms with Crippen molar-refractivity contribution in [2.24, 2.45) is 0 Å². The maximum atomic E-state index is 5.83. The SMILES string of the molecule is CC.COc1c(N)cc(C)cc1Cl. The van der Waals surface area contributed by atoms with Gasteiger partial charge >= 0.3 is 0 Å². The molecule has 2 nitrogen and oxygen atoms in total. The van der Waals surface area contributed by atoms with Crippen LogP contribution in [-0.2, 0) is 0 Å². The van der Waals surface area contributed by atoms with Crippen molar-refractivity contribution >= 4 is 17.3 Å². The van der Waals surface area contributed by atoms with E-state index in [9.17, 15) is 0 Å². The molecule has 0 saturated carbocycles. The topological polar surface area (TPSA) is 35.2 Å². The number of aryl methyl sites for hydroxylation is 1. The summed E-state index contributed by atoms with van der Waals surface area (Å²) in [4.78, 5) is 0. The third-order valence-electron chi connectivity index (χ3n) is 1.42. The second-order valence-corrected chi connectivity index (χ2v) is 2.78. The molecule has 0 spiro atoms. The van der Waals surface area contributed by atoms with Crippen LogP contribution in [-0.4, -0.2) is 7.11 Å². The molecule has 0 amide bonds. The molecule has 1 aromatic rings. The number of nitrogen functional groups attached to an aromatic ring is 1. The van der Waals surface area contributed by atoms with Crippen LogP contribution in [0.3, 0.4) is 0 Å². The molecule has 1 aromatic carbocycles. The van der Waals surface area contributed by atoms with E-state index in [4.69, 9.17) is 22.1 Å². The summed E-state index contributed by atoms with van der Waals surface area (Å²) < 4.78 is 4.97. The molecule has 0 aliphatic carbocycles. The van der Waals surface area contributed by atoms with Gasteiger partial charge in [-0.2, -0.15) is 0 Å². The van der Waals surface area contributed by atoms with Gasteiger partial charge in [0.15, 0.2) is 5.75 Å². The normalized spacial score (nSPS) is 8.69. The highest BCUT2D eigenvalue weighted by Gasteiger charge is 2.04. The summed E-state index contributed by atoms with van der Waals surface area (Å²) >= 11 is 5.83. The fourth-order valence-electron chi connectivity index (χ4n) is 0.971. The lowest BCUT2D eigenvalue weighted by Gasteiger charge is -2.06. The lowest BCUT2D eigenvalue weighted by atomic mass is 10.2. The van der Waals surface area contributed by atoms with Gasteiger partial charge in [0.1, 0.15) is 0 Å². The summed E-state index contributed by atoms with van der Waals surface area (Å²) in [5, 5.41) is 0.560. The van der Waals surface area contributed by atoms with Gasteiger partial charge in [-0.3, -0.25) is 0 Å². The first-order valence-corrected chi connectivity index (χ1v) is 4.62. The van der Waals surface area contributed by atoms with E-state index in [1.165, 1.54) is 0 Å². The fourth-order valence-corrected chi connectivity index (χ4v) is 1.33. The zero-order valence-electron chi connectivity index (χ0n) is 8.52. The molecule has 0 radical (unpaired) electrons. The second-order valence-electron chi connectivity index (χ2n) is 2.37. The molecule has 0 heterocycles. The Balaban J connectivity index is 0.000000671. The molecule has 74 valence electrons. The zero-order valence-corrected chi connectivity index (χ0v) is 9.27. The van der Waals surface area contributed by atoms with Crippen LogP contribution >= 0.6 is 11.6 Å². The number of methoxy groups -OCH3 is 1. The van der Waals surface area contributed by atoms with Crippen molar-refractivity contribution in [3.05, 3.63) is 22.7 Å². The second kappa shape index (κ2) is 5.70. The van der Waals surface area contributed by atoms with E-state index in [0.717, 1.165) is 5.56 Å². The standard InChI is InChI=1S/C8H10ClNO.C2H6/c1-5-3-6(9)8(11-2)7(10)4-5;1-2/h3-4H,10H2,1-2H3;1-2H3. The van der Waals surface area contributed by atoms with Gasteiger partial charge in [0, 0.05) is 0 Å². The van der Waals surface area contributed by atoms with E-state index in [-0.39, 0.29) is 0 Å². The molecule has 3 heteroatoms. The van der Waals surface area contributed by atoms with Gasteiger partial charge in [0.2, 0.25) is 0 Å². The summed E-state index contributed by atoms with van der Waals surface area (Å²) in [6, 6.07) is 3.64. The van der Waals surface area contributed by atoms with Crippen molar-refractivity contribution < 1.29 is 4.74 Å². The van der Waals surface area contributed by atoms with Gasteiger partial charge in [-0.15, -0.1) is 0 Å². The fraction of sp³-hybridized carbons (Fsp3) is 0.400. The lowest BCUT2D eigenvalue weighted by Crippen LogP contribution is -1.93.